The zero-order valence-electron chi connectivity index (χ0n) is 15.8. The molecule has 0 bridgehead atoms. The molecule has 0 aliphatic carbocycles. The maximum absolute atomic E-state index is 12.9. The van der Waals surface area contributed by atoms with E-state index in [0.717, 1.165) is 11.1 Å². The van der Waals surface area contributed by atoms with Crippen LogP contribution in [0.2, 0.25) is 0 Å². The number of nitrogens with zero attached hydrogens (tertiary/aromatic N) is 2. The van der Waals surface area contributed by atoms with E-state index in [0.29, 0.717) is 28.3 Å². The molecule has 1 N–H and O–H groups in total. The van der Waals surface area contributed by atoms with E-state index < -0.39 is 0 Å². The molecule has 29 heavy (non-hydrogen) atoms. The van der Waals surface area contributed by atoms with Gasteiger partial charge in [0.1, 0.15) is 17.0 Å². The number of hydrogen-bond acceptors (Lipinski definition) is 5. The van der Waals surface area contributed by atoms with Crippen molar-refractivity contribution in [3.8, 4) is 16.9 Å². The maximum Gasteiger partial charge on any atom is 0.271 e. The van der Waals surface area contributed by atoms with Crippen LogP contribution in [0.25, 0.3) is 21.3 Å². The summed E-state index contributed by atoms with van der Waals surface area (Å²) in [5.74, 6) is 0.273. The lowest BCUT2D eigenvalue weighted by Gasteiger charge is -2.11. The Kier molecular flexibility index (Phi) is 5.39. The van der Waals surface area contributed by atoms with Crippen molar-refractivity contribution in [2.45, 2.75) is 13.5 Å². The Balaban J connectivity index is 1.58. The van der Waals surface area contributed by atoms with Gasteiger partial charge in [-0.1, -0.05) is 42.5 Å². The molecule has 2 aromatic carbocycles. The Morgan fingerprint density at radius 1 is 1.14 bits per heavy atom. The number of aromatic nitrogens is 2. The van der Waals surface area contributed by atoms with E-state index in [1.54, 1.807) is 12.1 Å². The van der Waals surface area contributed by atoms with Gasteiger partial charge in [0.2, 0.25) is 5.91 Å². The first-order chi connectivity index (χ1) is 14.2. The standard InChI is InChI=1S/C22H19N3O3S/c1-2-28-18-11-7-6-10-17(18)24-19(26)12-25-14-23-20-16(13-29-21(20)22(25)27)15-8-4-3-5-9-15/h3-11,13-14H,2,12H2,1H3,(H,24,26). The average Bonchev–Trinajstić information content (AvgIpc) is 3.17. The molecule has 0 radical (unpaired) electrons. The largest absolute Gasteiger partial charge is 0.492 e. The monoisotopic (exact) mass is 405 g/mol. The highest BCUT2D eigenvalue weighted by Gasteiger charge is 2.14. The van der Waals surface area contributed by atoms with Crippen LogP contribution < -0.4 is 15.6 Å². The second kappa shape index (κ2) is 8.28. The third kappa shape index (κ3) is 3.90. The highest BCUT2D eigenvalue weighted by atomic mass is 32.1. The molecule has 0 saturated heterocycles. The number of fused-ring (bicyclic) bond motifs is 1. The zero-order valence-corrected chi connectivity index (χ0v) is 16.6. The van der Waals surface area contributed by atoms with Gasteiger partial charge in [0, 0.05) is 10.9 Å². The van der Waals surface area contributed by atoms with Crippen LogP contribution in [-0.2, 0) is 11.3 Å². The minimum atomic E-state index is -0.319. The summed E-state index contributed by atoms with van der Waals surface area (Å²) in [5, 5.41) is 4.73. The van der Waals surface area contributed by atoms with Crippen LogP contribution in [0.15, 0.2) is 71.1 Å². The SMILES string of the molecule is CCOc1ccccc1NC(=O)Cn1cnc2c(-c3ccccc3)csc2c1=O. The highest BCUT2D eigenvalue weighted by molar-refractivity contribution is 7.17. The molecule has 0 saturated carbocycles. The van der Waals surface area contributed by atoms with Gasteiger partial charge in [-0.15, -0.1) is 11.3 Å². The minimum absolute atomic E-state index is 0.124. The topological polar surface area (TPSA) is 73.2 Å². The van der Waals surface area contributed by atoms with E-state index in [1.165, 1.54) is 22.2 Å². The van der Waals surface area contributed by atoms with E-state index >= 15 is 0 Å². The molecule has 146 valence electrons. The van der Waals surface area contributed by atoms with Crippen LogP contribution in [-0.4, -0.2) is 22.1 Å². The van der Waals surface area contributed by atoms with Crippen LogP contribution >= 0.6 is 11.3 Å². The number of nitrogens with one attached hydrogen (secondary N) is 1. The van der Waals surface area contributed by atoms with Gasteiger partial charge in [-0.05, 0) is 24.6 Å². The zero-order chi connectivity index (χ0) is 20.2. The van der Waals surface area contributed by atoms with Crippen LogP contribution in [0.5, 0.6) is 5.75 Å². The first kappa shape index (κ1) is 18.9. The van der Waals surface area contributed by atoms with Gasteiger partial charge in [-0.3, -0.25) is 14.2 Å². The van der Waals surface area contributed by atoms with Gasteiger partial charge >= 0.3 is 0 Å². The van der Waals surface area contributed by atoms with Gasteiger partial charge in [-0.25, -0.2) is 4.98 Å². The fraction of sp³-hybridized carbons (Fsp3) is 0.136. The molecule has 0 aliphatic rings. The van der Waals surface area contributed by atoms with Gasteiger partial charge in [-0.2, -0.15) is 0 Å². The molecule has 6 nitrogen and oxygen atoms in total. The molecule has 0 spiro atoms. The number of rotatable bonds is 6. The Morgan fingerprint density at radius 3 is 2.69 bits per heavy atom. The summed E-state index contributed by atoms with van der Waals surface area (Å²) in [4.78, 5) is 29.8. The summed E-state index contributed by atoms with van der Waals surface area (Å²) in [5.41, 5.74) is 2.93. The number of carbonyl (C=O) groups is 1. The predicted molar refractivity (Wildman–Crippen MR) is 116 cm³/mol. The molecule has 2 heterocycles. The number of amides is 1. The third-order valence-electron chi connectivity index (χ3n) is 4.41. The van der Waals surface area contributed by atoms with Crippen molar-refractivity contribution in [2.24, 2.45) is 0 Å². The average molecular weight is 405 g/mol. The van der Waals surface area contributed by atoms with Crippen LogP contribution in [0.1, 0.15) is 6.92 Å². The molecule has 7 heteroatoms. The summed E-state index contributed by atoms with van der Waals surface area (Å²) < 4.78 is 7.38. The normalized spacial score (nSPS) is 10.8. The highest BCUT2D eigenvalue weighted by Crippen LogP contribution is 2.30. The Morgan fingerprint density at radius 2 is 1.90 bits per heavy atom. The van der Waals surface area contributed by atoms with Crippen molar-refractivity contribution in [3.63, 3.8) is 0 Å². The number of anilines is 1. The minimum Gasteiger partial charge on any atom is -0.492 e. The van der Waals surface area contributed by atoms with Crippen molar-refractivity contribution in [1.82, 2.24) is 9.55 Å². The van der Waals surface area contributed by atoms with E-state index in [1.807, 2.05) is 54.8 Å². The lowest BCUT2D eigenvalue weighted by molar-refractivity contribution is -0.116. The lowest BCUT2D eigenvalue weighted by atomic mass is 10.1. The Hall–Kier alpha value is -3.45. The molecule has 4 aromatic rings. The smallest absolute Gasteiger partial charge is 0.271 e. The fourth-order valence-corrected chi connectivity index (χ4v) is 4.05. The van der Waals surface area contributed by atoms with E-state index in [2.05, 4.69) is 10.3 Å². The summed E-state index contributed by atoms with van der Waals surface area (Å²) in [6, 6.07) is 17.0. The van der Waals surface area contributed by atoms with Crippen molar-refractivity contribution >= 4 is 33.1 Å². The molecule has 0 atom stereocenters. The van der Waals surface area contributed by atoms with Crippen molar-refractivity contribution in [3.05, 3.63) is 76.7 Å². The first-order valence-corrected chi connectivity index (χ1v) is 10.1. The van der Waals surface area contributed by atoms with Gasteiger partial charge < -0.3 is 10.1 Å². The Labute approximate surface area is 171 Å². The van der Waals surface area contributed by atoms with E-state index in [4.69, 9.17) is 4.74 Å². The second-order valence-electron chi connectivity index (χ2n) is 6.35. The number of hydrogen-bond donors (Lipinski definition) is 1. The summed E-state index contributed by atoms with van der Waals surface area (Å²) in [6.45, 7) is 2.25. The van der Waals surface area contributed by atoms with Gasteiger partial charge in [0.15, 0.2) is 0 Å². The third-order valence-corrected chi connectivity index (χ3v) is 5.36. The van der Waals surface area contributed by atoms with Crippen molar-refractivity contribution in [1.29, 1.82) is 0 Å². The molecule has 0 aliphatic heterocycles. The molecular weight excluding hydrogens is 386 g/mol. The second-order valence-corrected chi connectivity index (χ2v) is 7.23. The quantitative estimate of drug-likeness (QED) is 0.523. The van der Waals surface area contributed by atoms with Crippen molar-refractivity contribution < 1.29 is 9.53 Å². The van der Waals surface area contributed by atoms with Crippen LogP contribution in [0, 0.1) is 0 Å². The number of para-hydroxylation sites is 2. The van der Waals surface area contributed by atoms with Gasteiger partial charge in [0.05, 0.1) is 24.1 Å². The number of carbonyl (C=O) groups excluding carboxylic acids is 1. The number of thiophene rings is 1. The Bertz CT molecular complexity index is 1210. The van der Waals surface area contributed by atoms with Gasteiger partial charge in [0.25, 0.3) is 5.56 Å². The van der Waals surface area contributed by atoms with E-state index in [-0.39, 0.29) is 18.0 Å². The van der Waals surface area contributed by atoms with Crippen molar-refractivity contribution in [2.75, 3.05) is 11.9 Å². The molecule has 1 amide bonds. The molecular formula is C22H19N3O3S. The maximum atomic E-state index is 12.9. The summed E-state index contributed by atoms with van der Waals surface area (Å²) >= 11 is 1.34. The number of benzene rings is 2. The molecule has 2 aromatic heterocycles. The molecule has 4 rings (SSSR count). The van der Waals surface area contributed by atoms with Crippen LogP contribution in [0.4, 0.5) is 5.69 Å². The first-order valence-electron chi connectivity index (χ1n) is 9.21. The lowest BCUT2D eigenvalue weighted by Crippen LogP contribution is -2.27. The summed E-state index contributed by atoms with van der Waals surface area (Å²) in [6.07, 6.45) is 1.43. The fourth-order valence-electron chi connectivity index (χ4n) is 3.07. The summed E-state index contributed by atoms with van der Waals surface area (Å²) in [7, 11) is 0. The molecule has 0 unspecified atom stereocenters. The van der Waals surface area contributed by atoms with E-state index in [9.17, 15) is 9.59 Å². The molecule has 0 fully saturated rings. The van der Waals surface area contributed by atoms with Crippen LogP contribution in [0.3, 0.4) is 0 Å². The number of ether oxygens (including phenoxy) is 1. The predicted octanol–water partition coefficient (Wildman–Crippen LogP) is 4.16.